The van der Waals surface area contributed by atoms with E-state index in [1.165, 1.54) is 4.31 Å². The van der Waals surface area contributed by atoms with E-state index in [2.05, 4.69) is 5.16 Å². The quantitative estimate of drug-likeness (QED) is 0.648. The first-order valence-electron chi connectivity index (χ1n) is 10.9. The van der Waals surface area contributed by atoms with E-state index in [9.17, 15) is 13.2 Å². The van der Waals surface area contributed by atoms with Crippen LogP contribution < -0.4 is 9.47 Å². The molecule has 0 aliphatic carbocycles. The summed E-state index contributed by atoms with van der Waals surface area (Å²) in [6, 6.07) is 7.46. The van der Waals surface area contributed by atoms with Gasteiger partial charge in [0.1, 0.15) is 17.2 Å². The lowest BCUT2D eigenvalue weighted by Gasteiger charge is -2.36. The number of amides is 1. The van der Waals surface area contributed by atoms with Crippen molar-refractivity contribution in [1.29, 1.82) is 0 Å². The summed E-state index contributed by atoms with van der Waals surface area (Å²) in [6.45, 7) is 6.88. The van der Waals surface area contributed by atoms with E-state index < -0.39 is 15.9 Å². The lowest BCUT2D eigenvalue weighted by molar-refractivity contribution is -0.138. The molecular weight excluding hydrogens is 434 g/mol. The van der Waals surface area contributed by atoms with Gasteiger partial charge in [-0.3, -0.25) is 4.79 Å². The van der Waals surface area contributed by atoms with Crippen molar-refractivity contribution in [3.63, 3.8) is 0 Å². The Labute approximate surface area is 188 Å². The first kappa shape index (κ1) is 22.6. The molecule has 2 aliphatic rings. The molecule has 1 saturated heterocycles. The molecule has 2 unspecified atom stereocenters. The lowest BCUT2D eigenvalue weighted by Crippen LogP contribution is -2.50. The van der Waals surface area contributed by atoms with Crippen molar-refractivity contribution in [2.75, 3.05) is 32.8 Å². The average molecular weight is 464 g/mol. The number of benzene rings is 1. The molecule has 2 atom stereocenters. The molecule has 2 aromatic rings. The van der Waals surface area contributed by atoms with Crippen LogP contribution in [0.3, 0.4) is 0 Å². The normalized spacial score (nSPS) is 21.3. The molecule has 0 spiro atoms. The first-order chi connectivity index (χ1) is 15.3. The predicted molar refractivity (Wildman–Crippen MR) is 116 cm³/mol. The number of hydrogen-bond acceptors (Lipinski definition) is 7. The van der Waals surface area contributed by atoms with Crippen molar-refractivity contribution in [2.24, 2.45) is 5.92 Å². The molecule has 32 heavy (non-hydrogen) atoms. The maximum absolute atomic E-state index is 13.3. The second kappa shape index (κ2) is 9.11. The van der Waals surface area contributed by atoms with E-state index in [-0.39, 0.29) is 29.2 Å². The third-order valence-corrected chi connectivity index (χ3v) is 8.09. The molecule has 4 rings (SSSR count). The third-order valence-electron chi connectivity index (χ3n) is 5.98. The van der Waals surface area contributed by atoms with Gasteiger partial charge in [0, 0.05) is 19.6 Å². The van der Waals surface area contributed by atoms with E-state index >= 15 is 0 Å². The van der Waals surface area contributed by atoms with Crippen LogP contribution in [0.15, 0.2) is 33.7 Å². The monoisotopic (exact) mass is 463 g/mol. The maximum atomic E-state index is 13.3. The van der Waals surface area contributed by atoms with Crippen molar-refractivity contribution in [2.45, 2.75) is 44.6 Å². The smallest absolute Gasteiger partial charge is 0.248 e. The molecule has 1 fully saturated rings. The fraction of sp³-hybridized carbons (Fsp3) is 0.545. The molecule has 1 aromatic carbocycles. The van der Waals surface area contributed by atoms with Crippen molar-refractivity contribution >= 4 is 15.9 Å². The Balaban J connectivity index is 1.44. The van der Waals surface area contributed by atoms with Crippen LogP contribution in [-0.2, 0) is 14.8 Å². The van der Waals surface area contributed by atoms with Crippen LogP contribution in [0.25, 0.3) is 0 Å². The first-order valence-corrected chi connectivity index (χ1v) is 12.4. The van der Waals surface area contributed by atoms with E-state index in [1.807, 2.05) is 31.2 Å². The van der Waals surface area contributed by atoms with Gasteiger partial charge in [-0.2, -0.15) is 4.31 Å². The van der Waals surface area contributed by atoms with Gasteiger partial charge >= 0.3 is 0 Å². The lowest BCUT2D eigenvalue weighted by atomic mass is 9.98. The van der Waals surface area contributed by atoms with Gasteiger partial charge in [-0.15, -0.1) is 0 Å². The minimum atomic E-state index is -3.78. The number of para-hydroxylation sites is 2. The maximum Gasteiger partial charge on any atom is 0.248 e. The summed E-state index contributed by atoms with van der Waals surface area (Å²) in [5.74, 6) is 1.16. The number of aryl methyl sites for hydroxylation is 2. The number of aromatic nitrogens is 1. The highest BCUT2D eigenvalue weighted by Gasteiger charge is 2.38. The number of nitrogens with zero attached hydrogens (tertiary/aromatic N) is 3. The van der Waals surface area contributed by atoms with Gasteiger partial charge < -0.3 is 18.9 Å². The van der Waals surface area contributed by atoms with Crippen LogP contribution in [0.2, 0.25) is 0 Å². The zero-order valence-corrected chi connectivity index (χ0v) is 19.4. The van der Waals surface area contributed by atoms with Crippen molar-refractivity contribution in [3.05, 3.63) is 35.7 Å². The molecule has 174 valence electrons. The van der Waals surface area contributed by atoms with Crippen LogP contribution in [0.1, 0.15) is 31.2 Å². The van der Waals surface area contributed by atoms with E-state index in [1.54, 1.807) is 18.7 Å². The molecule has 0 bridgehead atoms. The Morgan fingerprint density at radius 3 is 2.69 bits per heavy atom. The largest absolute Gasteiger partial charge is 0.486 e. The van der Waals surface area contributed by atoms with Crippen LogP contribution in [0, 0.1) is 19.8 Å². The molecule has 1 amide bonds. The van der Waals surface area contributed by atoms with Crippen LogP contribution in [0.4, 0.5) is 0 Å². The Morgan fingerprint density at radius 2 is 2.00 bits per heavy atom. The van der Waals surface area contributed by atoms with Gasteiger partial charge in [0.15, 0.2) is 23.4 Å². The Bertz CT molecular complexity index is 1060. The van der Waals surface area contributed by atoms with Gasteiger partial charge in [0.2, 0.25) is 15.9 Å². The van der Waals surface area contributed by atoms with Gasteiger partial charge in [-0.05, 0) is 45.7 Å². The minimum Gasteiger partial charge on any atom is -0.486 e. The number of piperidine rings is 1. The second-order valence-corrected chi connectivity index (χ2v) is 10.1. The highest BCUT2D eigenvalue weighted by atomic mass is 32.2. The molecule has 3 heterocycles. The number of carbonyl (C=O) groups is 1. The van der Waals surface area contributed by atoms with Crippen molar-refractivity contribution in [3.8, 4) is 11.5 Å². The number of hydrogen-bond donors (Lipinski definition) is 0. The highest BCUT2D eigenvalue weighted by molar-refractivity contribution is 7.89. The molecule has 2 aliphatic heterocycles. The summed E-state index contributed by atoms with van der Waals surface area (Å²) in [7, 11) is -3.78. The van der Waals surface area contributed by atoms with Gasteiger partial charge in [-0.1, -0.05) is 17.3 Å². The SMILES string of the molecule is CCN(CC1COc2ccccc2O1)C(=O)C1CCCN(S(=O)(=O)c2c(C)noc2C)C1. The standard InChI is InChI=1S/C22H29N3O6S/c1-4-24(13-18-14-29-19-9-5-6-10-20(19)30-18)22(26)17-8-7-11-25(12-17)32(27,28)21-15(2)23-31-16(21)3/h5-6,9-10,17-18H,4,7-8,11-14H2,1-3H3. The van der Waals surface area contributed by atoms with Crippen LogP contribution in [-0.4, -0.2) is 67.6 Å². The number of sulfonamides is 1. The minimum absolute atomic E-state index is 0.0615. The number of carbonyl (C=O) groups excluding carboxylic acids is 1. The van der Waals surface area contributed by atoms with E-state index in [0.29, 0.717) is 56.3 Å². The molecule has 10 heteroatoms. The van der Waals surface area contributed by atoms with E-state index in [0.717, 1.165) is 0 Å². The Hall–Kier alpha value is -2.59. The molecule has 1 aromatic heterocycles. The second-order valence-electron chi connectivity index (χ2n) is 8.23. The molecular formula is C22H29N3O6S. The van der Waals surface area contributed by atoms with Gasteiger partial charge in [0.05, 0.1) is 12.5 Å². The van der Waals surface area contributed by atoms with Gasteiger partial charge in [0.25, 0.3) is 0 Å². The third kappa shape index (κ3) is 4.33. The molecule has 0 N–H and O–H groups in total. The summed E-state index contributed by atoms with van der Waals surface area (Å²) in [5, 5.41) is 3.77. The number of ether oxygens (including phenoxy) is 2. The summed E-state index contributed by atoms with van der Waals surface area (Å²) < 4.78 is 44.6. The number of likely N-dealkylation sites (N-methyl/N-ethyl adjacent to an activating group) is 1. The van der Waals surface area contributed by atoms with E-state index in [4.69, 9.17) is 14.0 Å². The van der Waals surface area contributed by atoms with Crippen LogP contribution >= 0.6 is 0 Å². The fourth-order valence-electron chi connectivity index (χ4n) is 4.37. The van der Waals surface area contributed by atoms with Crippen molar-refractivity contribution < 1.29 is 27.2 Å². The molecule has 9 nitrogen and oxygen atoms in total. The molecule has 0 saturated carbocycles. The summed E-state index contributed by atoms with van der Waals surface area (Å²) >= 11 is 0. The summed E-state index contributed by atoms with van der Waals surface area (Å²) in [5.41, 5.74) is 0.334. The Kier molecular flexibility index (Phi) is 6.43. The predicted octanol–water partition coefficient (Wildman–Crippen LogP) is 2.38. The van der Waals surface area contributed by atoms with Crippen LogP contribution in [0.5, 0.6) is 11.5 Å². The van der Waals surface area contributed by atoms with Gasteiger partial charge in [-0.25, -0.2) is 8.42 Å². The average Bonchev–Trinajstić information content (AvgIpc) is 3.15. The van der Waals surface area contributed by atoms with Crippen molar-refractivity contribution in [1.82, 2.24) is 14.4 Å². The molecule has 0 radical (unpaired) electrons. The number of rotatable bonds is 6. The topological polar surface area (TPSA) is 102 Å². The Morgan fingerprint density at radius 1 is 1.25 bits per heavy atom. The summed E-state index contributed by atoms with van der Waals surface area (Å²) in [4.78, 5) is 15.2. The highest BCUT2D eigenvalue weighted by Crippen LogP contribution is 2.32. The zero-order chi connectivity index (χ0) is 22.9. The number of fused-ring (bicyclic) bond motifs is 1. The summed E-state index contributed by atoms with van der Waals surface area (Å²) in [6.07, 6.45) is 0.986. The zero-order valence-electron chi connectivity index (χ0n) is 18.6. The fourth-order valence-corrected chi connectivity index (χ4v) is 6.18.